The highest BCUT2D eigenvalue weighted by molar-refractivity contribution is 5.53. The van der Waals surface area contributed by atoms with E-state index in [-0.39, 0.29) is 0 Å². The molecule has 1 aromatic heterocycles. The Labute approximate surface area is 99.7 Å². The normalized spacial score (nSPS) is 10.0. The van der Waals surface area contributed by atoms with Crippen molar-refractivity contribution in [1.82, 2.24) is 9.97 Å². The van der Waals surface area contributed by atoms with Gasteiger partial charge in [0.05, 0.1) is 7.11 Å². The maximum Gasteiger partial charge on any atom is 0.230 e. The fraction of sp³-hybridized carbons (Fsp3) is 0.167. The van der Waals surface area contributed by atoms with Gasteiger partial charge >= 0.3 is 0 Å². The molecule has 0 unspecified atom stereocenters. The van der Waals surface area contributed by atoms with Crippen LogP contribution in [0.25, 0.3) is 0 Å². The van der Waals surface area contributed by atoms with Crippen molar-refractivity contribution in [2.45, 2.75) is 6.54 Å². The van der Waals surface area contributed by atoms with Crippen molar-refractivity contribution >= 4 is 11.6 Å². The van der Waals surface area contributed by atoms with Gasteiger partial charge in [0.15, 0.2) is 0 Å². The highest BCUT2D eigenvalue weighted by Gasteiger charge is 1.99. The Kier molecular flexibility index (Phi) is 3.52. The summed E-state index contributed by atoms with van der Waals surface area (Å²) in [5, 5.41) is 3.09. The molecule has 5 heteroatoms. The zero-order chi connectivity index (χ0) is 12.1. The number of ether oxygens (including phenoxy) is 1. The van der Waals surface area contributed by atoms with Gasteiger partial charge in [-0.05, 0) is 17.7 Å². The van der Waals surface area contributed by atoms with Crippen LogP contribution in [0.4, 0.5) is 11.6 Å². The number of methoxy groups -OCH3 is 1. The van der Waals surface area contributed by atoms with Gasteiger partial charge in [0.1, 0.15) is 0 Å². The predicted molar refractivity (Wildman–Crippen MR) is 66.2 cm³/mol. The number of anilines is 2. The number of nitrogens with zero attached hydrogens (tertiary/aromatic N) is 2. The molecule has 3 N–H and O–H groups in total. The molecule has 0 saturated carbocycles. The van der Waals surface area contributed by atoms with E-state index in [0.29, 0.717) is 18.4 Å². The summed E-state index contributed by atoms with van der Waals surface area (Å²) in [7, 11) is 1.57. The molecule has 0 atom stereocenters. The molecule has 0 bridgehead atoms. The van der Waals surface area contributed by atoms with Crippen molar-refractivity contribution in [2.24, 2.45) is 5.73 Å². The maximum absolute atomic E-state index is 5.53. The predicted octanol–water partition coefficient (Wildman–Crippen LogP) is 1.69. The van der Waals surface area contributed by atoms with Gasteiger partial charge in [0, 0.05) is 24.5 Å². The second-order valence-electron chi connectivity index (χ2n) is 3.45. The number of aromatic nitrogens is 2. The topological polar surface area (TPSA) is 73.1 Å². The van der Waals surface area contributed by atoms with Crippen molar-refractivity contribution in [1.29, 1.82) is 0 Å². The van der Waals surface area contributed by atoms with E-state index >= 15 is 0 Å². The largest absolute Gasteiger partial charge is 0.481 e. The van der Waals surface area contributed by atoms with Gasteiger partial charge in [-0.25, -0.2) is 4.98 Å². The molecular formula is C12H14N4O. The van der Waals surface area contributed by atoms with Gasteiger partial charge in [0.2, 0.25) is 11.8 Å². The van der Waals surface area contributed by atoms with E-state index < -0.39 is 0 Å². The minimum atomic E-state index is 0.504. The van der Waals surface area contributed by atoms with Crippen LogP contribution in [0.3, 0.4) is 0 Å². The zero-order valence-corrected chi connectivity index (χ0v) is 9.55. The van der Waals surface area contributed by atoms with Crippen LogP contribution < -0.4 is 15.8 Å². The van der Waals surface area contributed by atoms with Gasteiger partial charge < -0.3 is 15.8 Å². The Hall–Kier alpha value is -2.14. The lowest BCUT2D eigenvalue weighted by Crippen LogP contribution is -1.99. The molecule has 2 rings (SSSR count). The minimum absolute atomic E-state index is 0.504. The Bertz CT molecular complexity index is 484. The van der Waals surface area contributed by atoms with Gasteiger partial charge in [-0.2, -0.15) is 4.98 Å². The van der Waals surface area contributed by atoms with Gasteiger partial charge in [-0.1, -0.05) is 12.1 Å². The molecule has 0 spiro atoms. The number of hydrogen-bond donors (Lipinski definition) is 2. The number of hydrogen-bond acceptors (Lipinski definition) is 5. The summed E-state index contributed by atoms with van der Waals surface area (Å²) in [6.45, 7) is 0.538. The van der Waals surface area contributed by atoms with E-state index in [1.54, 1.807) is 19.4 Å². The van der Waals surface area contributed by atoms with Gasteiger partial charge in [-0.3, -0.25) is 0 Å². The first-order valence-electron chi connectivity index (χ1n) is 5.25. The molecular weight excluding hydrogens is 216 g/mol. The minimum Gasteiger partial charge on any atom is -0.481 e. The Morgan fingerprint density at radius 1 is 1.24 bits per heavy atom. The molecule has 0 aliphatic carbocycles. The molecule has 5 nitrogen and oxygen atoms in total. The molecule has 17 heavy (non-hydrogen) atoms. The molecule has 0 saturated heterocycles. The first-order chi connectivity index (χ1) is 8.31. The van der Waals surface area contributed by atoms with Crippen LogP contribution in [0.2, 0.25) is 0 Å². The Morgan fingerprint density at radius 2 is 2.00 bits per heavy atom. The third-order valence-corrected chi connectivity index (χ3v) is 2.28. The lowest BCUT2D eigenvalue weighted by Gasteiger charge is -2.06. The number of nitrogens with two attached hydrogens (primary N) is 1. The van der Waals surface area contributed by atoms with Crippen LogP contribution in [-0.4, -0.2) is 17.1 Å². The summed E-state index contributed by atoms with van der Waals surface area (Å²) in [5.41, 5.74) is 7.53. The quantitative estimate of drug-likeness (QED) is 0.836. The first kappa shape index (κ1) is 11.3. The Balaban J connectivity index is 2.13. The van der Waals surface area contributed by atoms with Crippen LogP contribution in [0.1, 0.15) is 5.56 Å². The number of nitrogens with one attached hydrogen (secondary N) is 1. The van der Waals surface area contributed by atoms with E-state index in [4.69, 9.17) is 10.5 Å². The van der Waals surface area contributed by atoms with Crippen molar-refractivity contribution in [2.75, 3.05) is 12.4 Å². The molecule has 1 heterocycles. The van der Waals surface area contributed by atoms with Crippen molar-refractivity contribution in [3.8, 4) is 5.88 Å². The molecule has 0 aliphatic rings. The number of rotatable bonds is 4. The van der Waals surface area contributed by atoms with E-state index in [1.165, 1.54) is 0 Å². The van der Waals surface area contributed by atoms with Crippen LogP contribution in [0.5, 0.6) is 5.88 Å². The van der Waals surface area contributed by atoms with Crippen LogP contribution >= 0.6 is 0 Å². The average molecular weight is 230 g/mol. The van der Waals surface area contributed by atoms with Crippen LogP contribution in [-0.2, 0) is 6.54 Å². The van der Waals surface area contributed by atoms with E-state index in [1.807, 2.05) is 24.3 Å². The van der Waals surface area contributed by atoms with Crippen molar-refractivity contribution < 1.29 is 4.74 Å². The molecule has 0 aliphatic heterocycles. The maximum atomic E-state index is 5.53. The van der Waals surface area contributed by atoms with E-state index in [2.05, 4.69) is 15.3 Å². The summed E-state index contributed by atoms with van der Waals surface area (Å²) < 4.78 is 5.02. The van der Waals surface area contributed by atoms with Gasteiger partial charge in [-0.15, -0.1) is 0 Å². The molecule has 0 amide bonds. The fourth-order valence-electron chi connectivity index (χ4n) is 1.37. The summed E-state index contributed by atoms with van der Waals surface area (Å²) in [6.07, 6.45) is 1.64. The lowest BCUT2D eigenvalue weighted by molar-refractivity contribution is 0.397. The molecule has 2 aromatic rings. The molecule has 0 radical (unpaired) electrons. The molecule has 0 fully saturated rings. The third kappa shape index (κ3) is 2.92. The van der Waals surface area contributed by atoms with Crippen LogP contribution in [0, 0.1) is 0 Å². The number of benzene rings is 1. The van der Waals surface area contributed by atoms with Crippen LogP contribution in [0.15, 0.2) is 36.5 Å². The highest BCUT2D eigenvalue weighted by Crippen LogP contribution is 2.15. The fourth-order valence-corrected chi connectivity index (χ4v) is 1.37. The monoisotopic (exact) mass is 230 g/mol. The van der Waals surface area contributed by atoms with Gasteiger partial charge in [0.25, 0.3) is 0 Å². The zero-order valence-electron chi connectivity index (χ0n) is 9.55. The summed E-state index contributed by atoms with van der Waals surface area (Å²) >= 11 is 0. The smallest absolute Gasteiger partial charge is 0.230 e. The third-order valence-electron chi connectivity index (χ3n) is 2.28. The standard InChI is InChI=1S/C12H14N4O/c1-17-11-6-7-14-12(16-11)15-10-4-2-9(8-13)3-5-10/h2-7H,8,13H2,1H3,(H,14,15,16). The van der Waals surface area contributed by atoms with E-state index in [0.717, 1.165) is 11.3 Å². The van der Waals surface area contributed by atoms with Crippen molar-refractivity contribution in [3.05, 3.63) is 42.1 Å². The lowest BCUT2D eigenvalue weighted by atomic mass is 10.2. The van der Waals surface area contributed by atoms with Crippen molar-refractivity contribution in [3.63, 3.8) is 0 Å². The summed E-state index contributed by atoms with van der Waals surface area (Å²) in [4.78, 5) is 8.26. The summed E-state index contributed by atoms with van der Waals surface area (Å²) in [6, 6.07) is 9.49. The second kappa shape index (κ2) is 5.27. The second-order valence-corrected chi connectivity index (χ2v) is 3.45. The van der Waals surface area contributed by atoms with E-state index in [9.17, 15) is 0 Å². The first-order valence-corrected chi connectivity index (χ1v) is 5.25. The SMILES string of the molecule is COc1ccnc(Nc2ccc(CN)cc2)n1. The summed E-state index contributed by atoms with van der Waals surface area (Å²) in [5.74, 6) is 1.03. The molecule has 88 valence electrons. The average Bonchev–Trinajstić information content (AvgIpc) is 2.40. The molecule has 1 aromatic carbocycles. The Morgan fingerprint density at radius 3 is 2.65 bits per heavy atom. The highest BCUT2D eigenvalue weighted by atomic mass is 16.5.